The fourth-order valence-corrected chi connectivity index (χ4v) is 5.72. The second kappa shape index (κ2) is 21.2. The van der Waals surface area contributed by atoms with Crippen LogP contribution in [0.15, 0.2) is 30.3 Å². The van der Waals surface area contributed by atoms with E-state index in [-0.39, 0.29) is 11.3 Å². The first-order chi connectivity index (χ1) is 22.4. The number of carbonyl (C=O) groups is 1. The summed E-state index contributed by atoms with van der Waals surface area (Å²) in [6, 6.07) is 8.77. The number of rotatable bonds is 21. The normalized spacial score (nSPS) is 22.1. The zero-order valence-electron chi connectivity index (χ0n) is 28.1. The van der Waals surface area contributed by atoms with Gasteiger partial charge in [0.25, 0.3) is 0 Å². The predicted octanol–water partition coefficient (Wildman–Crippen LogP) is 7.90. The van der Waals surface area contributed by atoms with E-state index >= 15 is 0 Å². The standard InChI is InChI=1S/C35H52Cl2N2O7/c1-6-10-18-42-23-28-32(43-19-11-7-2)34(45-21-13-9-4)33(44-20-12-8-3)31(46-28)24-14-15-26(36)25(22-24)30(35(40)41-5)27-16-17-29(37)39-38-27/h14-17,22,28,30-34H,6-13,18-21,23H2,1-5H3/t28-,30?,31+,32-,33+,34+/m1/s1. The number of halogens is 2. The number of nitrogens with zero attached hydrogens (tertiary/aromatic N) is 2. The topological polar surface area (TPSA) is 98.2 Å². The van der Waals surface area contributed by atoms with Gasteiger partial charge in [-0.15, -0.1) is 5.10 Å². The van der Waals surface area contributed by atoms with E-state index in [0.717, 1.165) is 56.9 Å². The zero-order chi connectivity index (χ0) is 33.3. The molecule has 1 unspecified atom stereocenters. The minimum atomic E-state index is -0.930. The van der Waals surface area contributed by atoms with Gasteiger partial charge in [0, 0.05) is 31.5 Å². The van der Waals surface area contributed by atoms with Gasteiger partial charge < -0.3 is 28.4 Å². The summed E-state index contributed by atoms with van der Waals surface area (Å²) in [6.07, 6.45) is 5.49. The van der Waals surface area contributed by atoms with Crippen LogP contribution >= 0.6 is 23.2 Å². The molecular weight excluding hydrogens is 631 g/mol. The average molecular weight is 684 g/mol. The number of esters is 1. The van der Waals surface area contributed by atoms with Crippen molar-refractivity contribution in [3.8, 4) is 0 Å². The molecule has 1 saturated heterocycles. The molecule has 2 heterocycles. The lowest BCUT2D eigenvalue weighted by molar-refractivity contribution is -0.268. The molecule has 9 nitrogen and oxygen atoms in total. The second-order valence-electron chi connectivity index (χ2n) is 11.6. The number of aromatic nitrogens is 2. The van der Waals surface area contributed by atoms with Gasteiger partial charge in [0.05, 0.1) is 19.4 Å². The number of benzene rings is 1. The molecule has 1 aromatic heterocycles. The molecular formula is C35H52Cl2N2O7. The Hall–Kier alpha value is -1.85. The van der Waals surface area contributed by atoms with Crippen molar-refractivity contribution in [1.29, 1.82) is 0 Å². The average Bonchev–Trinajstić information content (AvgIpc) is 3.06. The van der Waals surface area contributed by atoms with Crippen molar-refractivity contribution in [1.82, 2.24) is 10.2 Å². The van der Waals surface area contributed by atoms with Crippen LogP contribution in [-0.4, -0.2) is 80.7 Å². The first-order valence-corrected chi connectivity index (χ1v) is 17.6. The van der Waals surface area contributed by atoms with Crippen LogP contribution in [0.5, 0.6) is 0 Å². The highest BCUT2D eigenvalue weighted by atomic mass is 35.5. The summed E-state index contributed by atoms with van der Waals surface area (Å²) in [5.41, 5.74) is 1.66. The summed E-state index contributed by atoms with van der Waals surface area (Å²) in [7, 11) is 1.33. The lowest BCUT2D eigenvalue weighted by atomic mass is 9.87. The van der Waals surface area contributed by atoms with Gasteiger partial charge >= 0.3 is 5.97 Å². The molecule has 0 radical (unpaired) electrons. The van der Waals surface area contributed by atoms with Gasteiger partial charge in [-0.1, -0.05) is 88.7 Å². The Kier molecular flexibility index (Phi) is 17.8. The number of hydrogen-bond donors (Lipinski definition) is 0. The highest BCUT2D eigenvalue weighted by molar-refractivity contribution is 6.31. The van der Waals surface area contributed by atoms with Gasteiger partial charge in [0.15, 0.2) is 5.15 Å². The van der Waals surface area contributed by atoms with Crippen molar-refractivity contribution in [2.75, 3.05) is 40.1 Å². The molecule has 1 aliphatic heterocycles. The van der Waals surface area contributed by atoms with Gasteiger partial charge in [0.2, 0.25) is 0 Å². The number of methoxy groups -OCH3 is 1. The van der Waals surface area contributed by atoms with Crippen LogP contribution in [0.2, 0.25) is 10.2 Å². The van der Waals surface area contributed by atoms with Crippen molar-refractivity contribution in [2.45, 2.75) is 115 Å². The molecule has 0 N–H and O–H groups in total. The Morgan fingerprint density at radius 1 is 0.804 bits per heavy atom. The molecule has 0 amide bonds. The minimum Gasteiger partial charge on any atom is -0.468 e. The van der Waals surface area contributed by atoms with Gasteiger partial charge in [-0.2, -0.15) is 5.10 Å². The van der Waals surface area contributed by atoms with Crippen molar-refractivity contribution in [3.05, 3.63) is 57.3 Å². The van der Waals surface area contributed by atoms with Crippen molar-refractivity contribution < 1.29 is 33.2 Å². The molecule has 46 heavy (non-hydrogen) atoms. The molecule has 1 fully saturated rings. The Bertz CT molecular complexity index is 1160. The first kappa shape index (κ1) is 38.6. The van der Waals surface area contributed by atoms with E-state index in [1.165, 1.54) is 7.11 Å². The van der Waals surface area contributed by atoms with Gasteiger partial charge in [-0.3, -0.25) is 4.79 Å². The molecule has 2 aromatic rings. The van der Waals surface area contributed by atoms with Crippen molar-refractivity contribution >= 4 is 29.2 Å². The molecule has 258 valence electrons. The van der Waals surface area contributed by atoms with Crippen LogP contribution in [0.3, 0.4) is 0 Å². The smallest absolute Gasteiger partial charge is 0.319 e. The maximum absolute atomic E-state index is 13.2. The maximum atomic E-state index is 13.2. The van der Waals surface area contributed by atoms with E-state index in [2.05, 4.69) is 37.9 Å². The Labute approximate surface area is 284 Å². The van der Waals surface area contributed by atoms with E-state index in [4.69, 9.17) is 51.6 Å². The fraction of sp³-hybridized carbons (Fsp3) is 0.686. The molecule has 0 saturated carbocycles. The van der Waals surface area contributed by atoms with Crippen molar-refractivity contribution in [3.63, 3.8) is 0 Å². The summed E-state index contributed by atoms with van der Waals surface area (Å²) < 4.78 is 38.0. The summed E-state index contributed by atoms with van der Waals surface area (Å²) in [4.78, 5) is 13.2. The largest absolute Gasteiger partial charge is 0.468 e. The maximum Gasteiger partial charge on any atom is 0.319 e. The second-order valence-corrected chi connectivity index (χ2v) is 12.4. The molecule has 11 heteroatoms. The van der Waals surface area contributed by atoms with E-state index in [1.54, 1.807) is 18.2 Å². The van der Waals surface area contributed by atoms with E-state index in [1.807, 2.05) is 12.1 Å². The highest BCUT2D eigenvalue weighted by Gasteiger charge is 2.49. The van der Waals surface area contributed by atoms with Crippen LogP contribution in [0.25, 0.3) is 0 Å². The van der Waals surface area contributed by atoms with E-state index in [0.29, 0.717) is 49.3 Å². The van der Waals surface area contributed by atoms with E-state index < -0.39 is 36.3 Å². The molecule has 0 aliphatic carbocycles. The quantitative estimate of drug-likeness (QED) is 0.0961. The summed E-state index contributed by atoms with van der Waals surface area (Å²) >= 11 is 12.8. The summed E-state index contributed by atoms with van der Waals surface area (Å²) in [6.45, 7) is 11.2. The summed E-state index contributed by atoms with van der Waals surface area (Å²) in [5.74, 6) is -1.46. The van der Waals surface area contributed by atoms with Crippen LogP contribution in [0.1, 0.15) is 108 Å². The van der Waals surface area contributed by atoms with Gasteiger partial charge in [0.1, 0.15) is 36.4 Å². The molecule has 3 rings (SSSR count). The number of carbonyl (C=O) groups excluding carboxylic acids is 1. The predicted molar refractivity (Wildman–Crippen MR) is 180 cm³/mol. The molecule has 1 aromatic carbocycles. The Morgan fingerprint density at radius 2 is 1.41 bits per heavy atom. The van der Waals surface area contributed by atoms with Crippen molar-refractivity contribution in [2.24, 2.45) is 0 Å². The van der Waals surface area contributed by atoms with Crippen LogP contribution in [0, 0.1) is 0 Å². The SMILES string of the molecule is CCCCOC[C@H]1O[C@@H](c2ccc(Cl)c(C(C(=O)OC)c3ccc(Cl)nn3)c2)[C@H](OCCCC)[C@@H](OCCCC)[C@@H]1OCCCC. The molecule has 0 bridgehead atoms. The number of hydrogen-bond acceptors (Lipinski definition) is 9. The lowest BCUT2D eigenvalue weighted by Gasteiger charge is -2.46. The number of unbranched alkanes of at least 4 members (excludes halogenated alkanes) is 4. The van der Waals surface area contributed by atoms with Gasteiger partial charge in [-0.25, -0.2) is 0 Å². The van der Waals surface area contributed by atoms with Gasteiger partial charge in [-0.05, 0) is 55.0 Å². The molecule has 6 atom stereocenters. The molecule has 0 spiro atoms. The number of ether oxygens (including phenoxy) is 6. The first-order valence-electron chi connectivity index (χ1n) is 16.8. The Balaban J connectivity index is 2.10. The third-order valence-corrected chi connectivity index (χ3v) is 8.57. The highest BCUT2D eigenvalue weighted by Crippen LogP contribution is 2.40. The van der Waals surface area contributed by atoms with Crippen LogP contribution < -0.4 is 0 Å². The lowest BCUT2D eigenvalue weighted by Crippen LogP contribution is -2.58. The van der Waals surface area contributed by atoms with E-state index in [9.17, 15) is 4.79 Å². The molecule has 1 aliphatic rings. The van der Waals surface area contributed by atoms with Crippen LogP contribution in [0.4, 0.5) is 0 Å². The third kappa shape index (κ3) is 11.1. The zero-order valence-corrected chi connectivity index (χ0v) is 29.6. The van der Waals surface area contributed by atoms with Crippen LogP contribution in [-0.2, 0) is 33.2 Å². The fourth-order valence-electron chi connectivity index (χ4n) is 5.39. The monoisotopic (exact) mass is 682 g/mol. The third-order valence-electron chi connectivity index (χ3n) is 8.03. The summed E-state index contributed by atoms with van der Waals surface area (Å²) in [5, 5.41) is 8.73. The Morgan fingerprint density at radius 3 is 2.00 bits per heavy atom. The minimum absolute atomic E-state index is 0.215.